The van der Waals surface area contributed by atoms with Gasteiger partial charge >= 0.3 is 0 Å². The number of ether oxygens (including phenoxy) is 2. The highest BCUT2D eigenvalue weighted by Gasteiger charge is 2.25. The Bertz CT molecular complexity index is 809. The van der Waals surface area contributed by atoms with Crippen LogP contribution in [-0.4, -0.2) is 49.3 Å². The molecule has 2 aromatic rings. The molecule has 0 spiro atoms. The van der Waals surface area contributed by atoms with Gasteiger partial charge in [-0.05, 0) is 49.2 Å². The van der Waals surface area contributed by atoms with Gasteiger partial charge in [0.1, 0.15) is 17.5 Å². The second-order valence-corrected chi connectivity index (χ2v) is 7.77. The Balaban J connectivity index is 2.03. The summed E-state index contributed by atoms with van der Waals surface area (Å²) in [5.74, 6) is 2.35. The van der Waals surface area contributed by atoms with Crippen LogP contribution in [-0.2, 0) is 21.9 Å². The van der Waals surface area contributed by atoms with E-state index in [4.69, 9.17) is 9.47 Å². The van der Waals surface area contributed by atoms with Crippen LogP contribution in [0, 0.1) is 0 Å². The van der Waals surface area contributed by atoms with Crippen LogP contribution in [0.4, 0.5) is 0 Å². The molecular formula is C23H30N2O4S. The number of nitrogens with zero attached hydrogens (tertiary/aromatic N) is 1. The van der Waals surface area contributed by atoms with E-state index in [0.717, 1.165) is 22.6 Å². The average molecular weight is 431 g/mol. The fraction of sp³-hybridized carbons (Fsp3) is 0.391. The lowest BCUT2D eigenvalue weighted by atomic mass is 10.1. The summed E-state index contributed by atoms with van der Waals surface area (Å²) in [5.41, 5.74) is 2.06. The van der Waals surface area contributed by atoms with E-state index in [-0.39, 0.29) is 11.8 Å². The predicted octanol–water partition coefficient (Wildman–Crippen LogP) is 3.49. The first-order valence-electron chi connectivity index (χ1n) is 9.89. The summed E-state index contributed by atoms with van der Waals surface area (Å²) in [6.07, 6.45) is 0. The van der Waals surface area contributed by atoms with Crippen molar-refractivity contribution in [1.29, 1.82) is 0 Å². The normalized spacial score (nSPS) is 11.5. The van der Waals surface area contributed by atoms with E-state index in [1.807, 2.05) is 55.5 Å². The Hall–Kier alpha value is -2.67. The molecule has 162 valence electrons. The first-order chi connectivity index (χ1) is 14.5. The summed E-state index contributed by atoms with van der Waals surface area (Å²) in [6, 6.07) is 14.8. The zero-order chi connectivity index (χ0) is 21.9. The third-order valence-corrected chi connectivity index (χ3v) is 5.67. The molecule has 1 N–H and O–H groups in total. The minimum atomic E-state index is -0.555. The average Bonchev–Trinajstić information content (AvgIpc) is 2.78. The molecule has 0 bridgehead atoms. The monoisotopic (exact) mass is 430 g/mol. The Morgan fingerprint density at radius 2 is 1.50 bits per heavy atom. The first-order valence-corrected chi connectivity index (χ1v) is 11.0. The maximum Gasteiger partial charge on any atom is 0.242 e. The highest BCUT2D eigenvalue weighted by molar-refractivity contribution is 7.99. The van der Waals surface area contributed by atoms with Crippen molar-refractivity contribution in [2.75, 3.05) is 26.5 Å². The van der Waals surface area contributed by atoms with E-state index >= 15 is 0 Å². The third kappa shape index (κ3) is 6.99. The SMILES string of the molecule is CCNC(=O)[C@H](C)N(Cc1ccc(OC)cc1)C(=O)CSCc1ccc(OC)cc1. The van der Waals surface area contributed by atoms with Gasteiger partial charge in [-0.3, -0.25) is 9.59 Å². The van der Waals surface area contributed by atoms with E-state index < -0.39 is 6.04 Å². The standard InChI is InChI=1S/C23H30N2O4S/c1-5-24-23(27)17(2)25(14-18-6-10-20(28-3)11-7-18)22(26)16-30-15-19-8-12-21(29-4)13-9-19/h6-13,17H,5,14-16H2,1-4H3,(H,24,27)/t17-/m0/s1. The Morgan fingerprint density at radius 1 is 0.967 bits per heavy atom. The van der Waals surface area contributed by atoms with Crippen LogP contribution >= 0.6 is 11.8 Å². The molecule has 0 aliphatic rings. The van der Waals surface area contributed by atoms with Crippen LogP contribution in [0.2, 0.25) is 0 Å². The molecule has 2 aromatic carbocycles. The Morgan fingerprint density at radius 3 is 2.00 bits per heavy atom. The summed E-state index contributed by atoms with van der Waals surface area (Å²) >= 11 is 1.53. The summed E-state index contributed by atoms with van der Waals surface area (Å²) in [5, 5.41) is 2.81. The van der Waals surface area contributed by atoms with Crippen molar-refractivity contribution >= 4 is 23.6 Å². The van der Waals surface area contributed by atoms with E-state index in [1.54, 1.807) is 26.0 Å². The topological polar surface area (TPSA) is 67.9 Å². The zero-order valence-corrected chi connectivity index (χ0v) is 18.8. The Labute approximate surface area is 182 Å². The van der Waals surface area contributed by atoms with Gasteiger partial charge in [-0.25, -0.2) is 0 Å². The number of nitrogens with one attached hydrogen (secondary N) is 1. The van der Waals surface area contributed by atoms with E-state index in [0.29, 0.717) is 24.6 Å². The predicted molar refractivity (Wildman–Crippen MR) is 121 cm³/mol. The van der Waals surface area contributed by atoms with Crippen molar-refractivity contribution in [3.8, 4) is 11.5 Å². The lowest BCUT2D eigenvalue weighted by molar-refractivity contribution is -0.138. The highest BCUT2D eigenvalue weighted by atomic mass is 32.2. The van der Waals surface area contributed by atoms with Crippen LogP contribution in [0.5, 0.6) is 11.5 Å². The van der Waals surface area contributed by atoms with Crippen molar-refractivity contribution in [2.24, 2.45) is 0 Å². The maximum absolute atomic E-state index is 13.0. The Kier molecular flexibility index (Phi) is 9.54. The van der Waals surface area contributed by atoms with Crippen molar-refractivity contribution < 1.29 is 19.1 Å². The fourth-order valence-corrected chi connectivity index (χ4v) is 3.76. The molecule has 0 heterocycles. The fourth-order valence-electron chi connectivity index (χ4n) is 2.89. The van der Waals surface area contributed by atoms with Crippen molar-refractivity contribution in [3.05, 3.63) is 59.7 Å². The number of carbonyl (C=O) groups is 2. The van der Waals surface area contributed by atoms with Gasteiger partial charge in [0.05, 0.1) is 20.0 Å². The molecule has 6 nitrogen and oxygen atoms in total. The van der Waals surface area contributed by atoms with Crippen LogP contribution in [0.1, 0.15) is 25.0 Å². The maximum atomic E-state index is 13.0. The quantitative estimate of drug-likeness (QED) is 0.591. The van der Waals surface area contributed by atoms with Crippen molar-refractivity contribution in [3.63, 3.8) is 0 Å². The molecule has 30 heavy (non-hydrogen) atoms. The van der Waals surface area contributed by atoms with E-state index in [1.165, 1.54) is 11.8 Å². The van der Waals surface area contributed by atoms with E-state index in [9.17, 15) is 9.59 Å². The van der Waals surface area contributed by atoms with Gasteiger partial charge < -0.3 is 19.7 Å². The third-order valence-electron chi connectivity index (χ3n) is 4.68. The van der Waals surface area contributed by atoms with Gasteiger partial charge in [-0.15, -0.1) is 11.8 Å². The molecule has 2 rings (SSSR count). The summed E-state index contributed by atoms with van der Waals surface area (Å²) in [7, 11) is 3.25. The largest absolute Gasteiger partial charge is 0.497 e. The van der Waals surface area contributed by atoms with Crippen LogP contribution in [0.25, 0.3) is 0 Å². The van der Waals surface area contributed by atoms with Crippen LogP contribution in [0.15, 0.2) is 48.5 Å². The highest BCUT2D eigenvalue weighted by Crippen LogP contribution is 2.19. The molecule has 0 saturated carbocycles. The molecule has 0 saturated heterocycles. The smallest absolute Gasteiger partial charge is 0.242 e. The number of thioether (sulfide) groups is 1. The number of hydrogen-bond acceptors (Lipinski definition) is 5. The van der Waals surface area contributed by atoms with E-state index in [2.05, 4.69) is 5.32 Å². The van der Waals surface area contributed by atoms with Crippen LogP contribution < -0.4 is 14.8 Å². The van der Waals surface area contributed by atoms with Crippen molar-refractivity contribution in [1.82, 2.24) is 10.2 Å². The van der Waals surface area contributed by atoms with Gasteiger partial charge in [-0.2, -0.15) is 0 Å². The van der Waals surface area contributed by atoms with Crippen molar-refractivity contribution in [2.45, 2.75) is 32.2 Å². The van der Waals surface area contributed by atoms with Gasteiger partial charge in [0.15, 0.2) is 0 Å². The molecule has 0 fully saturated rings. The van der Waals surface area contributed by atoms with Gasteiger partial charge in [0, 0.05) is 18.8 Å². The number of amides is 2. The van der Waals surface area contributed by atoms with Gasteiger partial charge in [-0.1, -0.05) is 24.3 Å². The molecule has 1 atom stereocenters. The molecule has 0 radical (unpaired) electrons. The lowest BCUT2D eigenvalue weighted by Gasteiger charge is -2.28. The molecule has 0 aromatic heterocycles. The molecule has 2 amide bonds. The van der Waals surface area contributed by atoms with Gasteiger partial charge in [0.25, 0.3) is 0 Å². The summed E-state index contributed by atoms with van der Waals surface area (Å²) < 4.78 is 10.4. The number of likely N-dealkylation sites (N-methyl/N-ethyl adjacent to an activating group) is 1. The molecule has 7 heteroatoms. The summed E-state index contributed by atoms with van der Waals surface area (Å²) in [4.78, 5) is 27.0. The number of hydrogen-bond donors (Lipinski definition) is 1. The lowest BCUT2D eigenvalue weighted by Crippen LogP contribution is -2.48. The minimum absolute atomic E-state index is 0.0666. The molecule has 0 aliphatic heterocycles. The second-order valence-electron chi connectivity index (χ2n) is 6.78. The number of methoxy groups -OCH3 is 2. The molecular weight excluding hydrogens is 400 g/mol. The zero-order valence-electron chi connectivity index (χ0n) is 18.0. The molecule has 0 unspecified atom stereocenters. The number of carbonyl (C=O) groups excluding carboxylic acids is 2. The minimum Gasteiger partial charge on any atom is -0.497 e. The summed E-state index contributed by atoms with van der Waals surface area (Å²) in [6.45, 7) is 4.52. The van der Waals surface area contributed by atoms with Crippen LogP contribution in [0.3, 0.4) is 0 Å². The first kappa shape index (κ1) is 23.6. The number of benzene rings is 2. The molecule has 0 aliphatic carbocycles. The number of rotatable bonds is 11. The second kappa shape index (κ2) is 12.1. The van der Waals surface area contributed by atoms with Gasteiger partial charge in [0.2, 0.25) is 11.8 Å².